The molecule has 0 amide bonds. The van der Waals surface area contributed by atoms with E-state index < -0.39 is 7.82 Å². The Morgan fingerprint density at radius 3 is 1.76 bits per heavy atom. The normalized spacial score (nSPS) is 12.6. The summed E-state index contributed by atoms with van der Waals surface area (Å²) in [4.78, 5) is 14.9. The molecule has 1 aromatic carbocycles. The van der Waals surface area contributed by atoms with Gasteiger partial charge in [-0.3, -0.25) is 0 Å². The molecule has 0 aliphatic heterocycles. The molecule has 7 heteroatoms. The monoisotopic (exact) mass is 332 g/mol. The predicted octanol–water partition coefficient (Wildman–Crippen LogP) is 2.11. The molecule has 3 N–H and O–H groups in total. The minimum Gasteiger partial charge on any atom is -0.301 e. The van der Waals surface area contributed by atoms with Crippen molar-refractivity contribution in [3.05, 3.63) is 29.3 Å². The fourth-order valence-corrected chi connectivity index (χ4v) is 2.96. The molecule has 21 heavy (non-hydrogen) atoms. The quantitative estimate of drug-likeness (QED) is 0.317. The lowest BCUT2D eigenvalue weighted by Crippen LogP contribution is -2.25. The summed E-state index contributed by atoms with van der Waals surface area (Å²) in [6, 6.07) is 7.01. The summed E-state index contributed by atoms with van der Waals surface area (Å²) in [5.41, 5.74) is 3.52. The van der Waals surface area contributed by atoms with E-state index in [1.807, 2.05) is 0 Å². The molecule has 0 saturated heterocycles. The SMILES string of the molecule is CC(C)(C)c1cc[c]([AlH2])c(C(C)(C)C)c1.O=P(O)(O)OO. The van der Waals surface area contributed by atoms with Gasteiger partial charge in [-0.1, -0.05) is 65.3 Å². The zero-order valence-electron chi connectivity index (χ0n) is 13.8. The van der Waals surface area contributed by atoms with Gasteiger partial charge in [-0.2, -0.15) is 0 Å². The van der Waals surface area contributed by atoms with Gasteiger partial charge in [0.15, 0.2) is 0 Å². The highest BCUT2D eigenvalue weighted by atomic mass is 31.2. The second-order valence-electron chi connectivity index (χ2n) is 7.10. The lowest BCUT2D eigenvalue weighted by molar-refractivity contribution is -0.158. The van der Waals surface area contributed by atoms with Crippen LogP contribution in [-0.2, 0) is 20.1 Å². The molecule has 1 aromatic rings. The molecule has 0 atom stereocenters. The van der Waals surface area contributed by atoms with Crippen LogP contribution in [0.5, 0.6) is 0 Å². The van der Waals surface area contributed by atoms with Crippen molar-refractivity contribution in [1.29, 1.82) is 0 Å². The van der Waals surface area contributed by atoms with Crippen LogP contribution in [0, 0.1) is 0 Å². The van der Waals surface area contributed by atoms with Crippen LogP contribution < -0.4 is 4.43 Å². The smallest absolute Gasteiger partial charge is 0.301 e. The summed E-state index contributed by atoms with van der Waals surface area (Å²) in [6.45, 7) is 13.7. The zero-order chi connectivity index (χ0) is 17.1. The lowest BCUT2D eigenvalue weighted by atomic mass is 9.81. The first-order valence-electron chi connectivity index (χ1n) is 6.69. The molecule has 5 nitrogen and oxygen atoms in total. The number of phosphoric acid groups is 1. The van der Waals surface area contributed by atoms with Crippen molar-refractivity contribution in [1.82, 2.24) is 0 Å². The van der Waals surface area contributed by atoms with E-state index >= 15 is 0 Å². The number of benzene rings is 1. The molecule has 1 rings (SSSR count). The van der Waals surface area contributed by atoms with Gasteiger partial charge >= 0.3 is 7.82 Å². The van der Waals surface area contributed by atoms with Gasteiger partial charge in [0.1, 0.15) is 0 Å². The predicted molar refractivity (Wildman–Crippen MR) is 87.8 cm³/mol. The first kappa shape index (κ1) is 20.8. The summed E-state index contributed by atoms with van der Waals surface area (Å²) in [5, 5.41) is 7.14. The fourth-order valence-electron chi connectivity index (χ4n) is 1.90. The van der Waals surface area contributed by atoms with Crippen LogP contribution in [0.15, 0.2) is 18.2 Å². The minimum absolute atomic E-state index is 0.259. The Kier molecular flexibility index (Phi) is 7.33. The highest BCUT2D eigenvalue weighted by molar-refractivity contribution is 7.46. The van der Waals surface area contributed by atoms with Crippen molar-refractivity contribution in [2.24, 2.45) is 0 Å². The number of rotatable bonds is 1. The fraction of sp³-hybridized carbons (Fsp3) is 0.571. The van der Waals surface area contributed by atoms with Gasteiger partial charge in [-0.05, 0) is 16.4 Å². The maximum atomic E-state index is 9.22. The first-order chi connectivity index (χ1) is 9.18. The van der Waals surface area contributed by atoms with Gasteiger partial charge < -0.3 is 9.79 Å². The van der Waals surface area contributed by atoms with E-state index in [0.717, 1.165) is 16.3 Å². The molecule has 0 bridgehead atoms. The largest absolute Gasteiger partial charge is 0.496 e. The van der Waals surface area contributed by atoms with Gasteiger partial charge in [0.25, 0.3) is 16.3 Å². The second-order valence-corrected chi connectivity index (χ2v) is 9.32. The number of hydrogen-bond acceptors (Lipinski definition) is 3. The lowest BCUT2D eigenvalue weighted by Gasteiger charge is -2.27. The first-order valence-corrected chi connectivity index (χ1v) is 9.22. The molecule has 0 radical (unpaired) electrons. The average Bonchev–Trinajstić information content (AvgIpc) is 2.26. The van der Waals surface area contributed by atoms with Crippen molar-refractivity contribution < 1.29 is 24.3 Å². The maximum Gasteiger partial charge on any atom is 0.496 e. The van der Waals surface area contributed by atoms with Crippen LogP contribution >= 0.6 is 7.82 Å². The van der Waals surface area contributed by atoms with Crippen molar-refractivity contribution in [2.45, 2.75) is 52.4 Å². The van der Waals surface area contributed by atoms with Gasteiger partial charge in [0.05, 0.1) is 0 Å². The molecular formula is C14H26AlO5P. The Hall–Kier alpha value is -0.178. The minimum atomic E-state index is -4.59. The van der Waals surface area contributed by atoms with E-state index in [2.05, 4.69) is 64.4 Å². The van der Waals surface area contributed by atoms with E-state index in [4.69, 9.17) is 15.0 Å². The Labute approximate surface area is 134 Å². The summed E-state index contributed by atoms with van der Waals surface area (Å²) in [5.74, 6) is 0. The highest BCUT2D eigenvalue weighted by Gasteiger charge is 2.20. The second kappa shape index (κ2) is 7.39. The Bertz CT molecular complexity index is 511. The van der Waals surface area contributed by atoms with Crippen molar-refractivity contribution >= 4 is 28.5 Å². The molecule has 120 valence electrons. The summed E-state index contributed by atoms with van der Waals surface area (Å²) < 4.78 is 13.4. The summed E-state index contributed by atoms with van der Waals surface area (Å²) >= 11 is 1.14. The molecule has 0 aliphatic rings. The maximum absolute atomic E-state index is 9.22. The van der Waals surface area contributed by atoms with Gasteiger partial charge in [0, 0.05) is 0 Å². The van der Waals surface area contributed by atoms with Crippen molar-refractivity contribution in [3.63, 3.8) is 0 Å². The molecule has 0 aromatic heterocycles. The molecule has 0 unspecified atom stereocenters. The zero-order valence-corrected chi connectivity index (χ0v) is 16.7. The summed E-state index contributed by atoms with van der Waals surface area (Å²) in [6.07, 6.45) is 0. The van der Waals surface area contributed by atoms with Crippen LogP contribution in [0.3, 0.4) is 0 Å². The molecule has 0 saturated carbocycles. The average molecular weight is 332 g/mol. The van der Waals surface area contributed by atoms with E-state index in [0.29, 0.717) is 0 Å². The molecule has 0 heterocycles. The van der Waals surface area contributed by atoms with Gasteiger partial charge in [-0.15, -0.1) is 9.10 Å². The Morgan fingerprint density at radius 2 is 1.48 bits per heavy atom. The van der Waals surface area contributed by atoms with E-state index in [1.165, 1.54) is 15.6 Å². The molecule has 0 spiro atoms. The highest BCUT2D eigenvalue weighted by Crippen LogP contribution is 2.33. The third-order valence-corrected chi connectivity index (χ3v) is 4.10. The molecule has 0 fully saturated rings. The Balaban J connectivity index is 0.000000567. The van der Waals surface area contributed by atoms with Gasteiger partial charge in [0.2, 0.25) is 0 Å². The third kappa shape index (κ3) is 8.13. The topological polar surface area (TPSA) is 87.0 Å². The van der Waals surface area contributed by atoms with E-state index in [9.17, 15) is 4.57 Å². The van der Waals surface area contributed by atoms with Crippen LogP contribution in [0.1, 0.15) is 52.7 Å². The van der Waals surface area contributed by atoms with Crippen molar-refractivity contribution in [2.75, 3.05) is 0 Å². The van der Waals surface area contributed by atoms with Crippen molar-refractivity contribution in [3.8, 4) is 0 Å². The standard InChI is InChI=1S/C14H21.Al.H3O5P.2H/c1-13(2,3)11-8-7-9-12(10-11)14(4,5)6;;1-5-6(2,3)4;;/h7-8,10H,1-6H3;;1H,(H2,2,3,4);;. The van der Waals surface area contributed by atoms with E-state index in [-0.39, 0.29) is 10.8 Å². The van der Waals surface area contributed by atoms with Crippen LogP contribution in [-0.4, -0.2) is 31.3 Å². The number of hydrogen-bond donors (Lipinski definition) is 3. The Morgan fingerprint density at radius 1 is 1.05 bits per heavy atom. The van der Waals surface area contributed by atoms with Crippen LogP contribution in [0.2, 0.25) is 0 Å². The van der Waals surface area contributed by atoms with Gasteiger partial charge in [-0.25, -0.2) is 9.82 Å². The van der Waals surface area contributed by atoms with Crippen LogP contribution in [0.4, 0.5) is 0 Å². The van der Waals surface area contributed by atoms with E-state index in [1.54, 1.807) is 0 Å². The summed E-state index contributed by atoms with van der Waals surface area (Å²) in [7, 11) is -4.59. The molecule has 0 aliphatic carbocycles. The van der Waals surface area contributed by atoms with Crippen LogP contribution in [0.25, 0.3) is 0 Å². The third-order valence-electron chi connectivity index (χ3n) is 3.02. The molecular weight excluding hydrogens is 306 g/mol.